The molecule has 0 bridgehead atoms. The van der Waals surface area contributed by atoms with E-state index >= 15 is 0 Å². The van der Waals surface area contributed by atoms with Crippen molar-refractivity contribution < 1.29 is 8.42 Å². The van der Waals surface area contributed by atoms with E-state index in [1.807, 2.05) is 12.3 Å². The lowest BCUT2D eigenvalue weighted by atomic mass is 9.97. The summed E-state index contributed by atoms with van der Waals surface area (Å²) in [7, 11) is -3.43. The molecule has 1 aromatic carbocycles. The van der Waals surface area contributed by atoms with Crippen LogP contribution in [-0.2, 0) is 16.6 Å². The highest BCUT2D eigenvalue weighted by Crippen LogP contribution is 2.20. The fourth-order valence-electron chi connectivity index (χ4n) is 3.02. The molecule has 3 rings (SSSR count). The zero-order valence-corrected chi connectivity index (χ0v) is 16.3. The van der Waals surface area contributed by atoms with Crippen molar-refractivity contribution in [2.24, 2.45) is 5.92 Å². The molecule has 1 aliphatic rings. The quantitative estimate of drug-likeness (QED) is 0.775. The van der Waals surface area contributed by atoms with E-state index in [-0.39, 0.29) is 0 Å². The van der Waals surface area contributed by atoms with Crippen molar-refractivity contribution in [3.8, 4) is 0 Å². The summed E-state index contributed by atoms with van der Waals surface area (Å²) >= 11 is 3.32. The number of rotatable bonds is 6. The molecule has 1 aliphatic heterocycles. The molecule has 134 valence electrons. The Balaban J connectivity index is 1.47. The van der Waals surface area contributed by atoms with Crippen molar-refractivity contribution >= 4 is 26.0 Å². The van der Waals surface area contributed by atoms with Crippen molar-refractivity contribution in [1.82, 2.24) is 14.6 Å². The maximum atomic E-state index is 12.3. The number of piperidine rings is 1. The standard InChI is InChI=1S/C18H22BrN3O2S/c19-17-3-5-18(6-4-17)25(23,24)21-13-15-7-10-22(11-8-15)14-16-2-1-9-20-12-16/h1-6,9,12,15,21H,7-8,10-11,13-14H2. The lowest BCUT2D eigenvalue weighted by molar-refractivity contribution is 0.178. The average Bonchev–Trinajstić information content (AvgIpc) is 2.62. The number of halogens is 1. The van der Waals surface area contributed by atoms with Gasteiger partial charge in [-0.3, -0.25) is 9.88 Å². The summed E-state index contributed by atoms with van der Waals surface area (Å²) in [6.45, 7) is 3.38. The molecular formula is C18H22BrN3O2S. The first kappa shape index (κ1) is 18.5. The molecule has 0 unspecified atom stereocenters. The lowest BCUT2D eigenvalue weighted by Crippen LogP contribution is -2.38. The monoisotopic (exact) mass is 423 g/mol. The van der Waals surface area contributed by atoms with E-state index in [0.717, 1.165) is 36.9 Å². The Morgan fingerprint density at radius 1 is 1.16 bits per heavy atom. The molecule has 1 N–H and O–H groups in total. The largest absolute Gasteiger partial charge is 0.299 e. The number of hydrogen-bond acceptors (Lipinski definition) is 4. The second-order valence-electron chi connectivity index (χ2n) is 6.39. The molecule has 25 heavy (non-hydrogen) atoms. The van der Waals surface area contributed by atoms with Crippen LogP contribution in [0.2, 0.25) is 0 Å². The Morgan fingerprint density at radius 2 is 1.88 bits per heavy atom. The molecule has 1 fully saturated rings. The summed E-state index contributed by atoms with van der Waals surface area (Å²) in [5.41, 5.74) is 1.22. The maximum absolute atomic E-state index is 12.3. The van der Waals surface area contributed by atoms with Gasteiger partial charge in [-0.15, -0.1) is 0 Å². The molecule has 0 saturated carbocycles. The lowest BCUT2D eigenvalue weighted by Gasteiger charge is -2.31. The van der Waals surface area contributed by atoms with Gasteiger partial charge in [-0.1, -0.05) is 22.0 Å². The zero-order chi connectivity index (χ0) is 17.7. The molecule has 0 spiro atoms. The van der Waals surface area contributed by atoms with Crippen LogP contribution in [0, 0.1) is 5.92 Å². The Labute approximate surface area is 157 Å². The summed E-state index contributed by atoms with van der Waals surface area (Å²) in [4.78, 5) is 6.86. The van der Waals surface area contributed by atoms with Gasteiger partial charge in [0.1, 0.15) is 0 Å². The Morgan fingerprint density at radius 3 is 2.52 bits per heavy atom. The molecule has 5 nitrogen and oxygen atoms in total. The number of benzene rings is 1. The summed E-state index contributed by atoms with van der Waals surface area (Å²) in [5, 5.41) is 0. The van der Waals surface area contributed by atoms with Gasteiger partial charge >= 0.3 is 0 Å². The third-order valence-electron chi connectivity index (χ3n) is 4.52. The SMILES string of the molecule is O=S(=O)(NCC1CCN(Cc2cccnc2)CC1)c1ccc(Br)cc1. The summed E-state index contributed by atoms with van der Waals surface area (Å²) < 4.78 is 28.3. The third-order valence-corrected chi connectivity index (χ3v) is 6.49. The van der Waals surface area contributed by atoms with E-state index in [4.69, 9.17) is 0 Å². The van der Waals surface area contributed by atoms with E-state index in [2.05, 4.69) is 36.6 Å². The van der Waals surface area contributed by atoms with E-state index in [1.165, 1.54) is 5.56 Å². The first-order chi connectivity index (χ1) is 12.0. The van der Waals surface area contributed by atoms with Crippen LogP contribution in [0.25, 0.3) is 0 Å². The number of likely N-dealkylation sites (tertiary alicyclic amines) is 1. The van der Waals surface area contributed by atoms with Gasteiger partial charge in [0.25, 0.3) is 0 Å². The predicted octanol–water partition coefficient (Wildman–Crippen LogP) is 3.03. The number of nitrogens with one attached hydrogen (secondary N) is 1. The highest BCUT2D eigenvalue weighted by atomic mass is 79.9. The van der Waals surface area contributed by atoms with Crippen molar-refractivity contribution in [1.29, 1.82) is 0 Å². The van der Waals surface area contributed by atoms with Crippen LogP contribution in [0.1, 0.15) is 18.4 Å². The Bertz CT molecular complexity index is 774. The first-order valence-electron chi connectivity index (χ1n) is 8.39. The highest BCUT2D eigenvalue weighted by Gasteiger charge is 2.22. The predicted molar refractivity (Wildman–Crippen MR) is 102 cm³/mol. The molecule has 0 atom stereocenters. The van der Waals surface area contributed by atoms with Crippen molar-refractivity contribution in [2.75, 3.05) is 19.6 Å². The van der Waals surface area contributed by atoms with Gasteiger partial charge in [-0.25, -0.2) is 13.1 Å². The van der Waals surface area contributed by atoms with Crippen LogP contribution < -0.4 is 4.72 Å². The van der Waals surface area contributed by atoms with Crippen molar-refractivity contribution in [2.45, 2.75) is 24.3 Å². The minimum absolute atomic E-state index is 0.310. The molecule has 2 aromatic rings. The van der Waals surface area contributed by atoms with Gasteiger partial charge < -0.3 is 0 Å². The Hall–Kier alpha value is -1.28. The molecule has 0 aliphatic carbocycles. The molecule has 7 heteroatoms. The van der Waals surface area contributed by atoms with Crippen LogP contribution >= 0.6 is 15.9 Å². The van der Waals surface area contributed by atoms with Gasteiger partial charge in [-0.2, -0.15) is 0 Å². The summed E-state index contributed by atoms with van der Waals surface area (Å²) in [6, 6.07) is 10.8. The van der Waals surface area contributed by atoms with Crippen LogP contribution in [0.5, 0.6) is 0 Å². The Kier molecular flexibility index (Phi) is 6.22. The smallest absolute Gasteiger partial charge is 0.240 e. The normalized spacial score (nSPS) is 16.8. The number of sulfonamides is 1. The topological polar surface area (TPSA) is 62.3 Å². The van der Waals surface area contributed by atoms with E-state index in [9.17, 15) is 8.42 Å². The minimum atomic E-state index is -3.43. The zero-order valence-electron chi connectivity index (χ0n) is 13.9. The van der Waals surface area contributed by atoms with Gasteiger partial charge in [0.05, 0.1) is 4.90 Å². The van der Waals surface area contributed by atoms with Crippen LogP contribution in [0.15, 0.2) is 58.2 Å². The third kappa shape index (κ3) is 5.34. The summed E-state index contributed by atoms with van der Waals surface area (Å²) in [6.07, 6.45) is 5.69. The van der Waals surface area contributed by atoms with Crippen molar-refractivity contribution in [3.63, 3.8) is 0 Å². The molecule has 1 aromatic heterocycles. The minimum Gasteiger partial charge on any atom is -0.299 e. The number of nitrogens with zero attached hydrogens (tertiary/aromatic N) is 2. The maximum Gasteiger partial charge on any atom is 0.240 e. The fourth-order valence-corrected chi connectivity index (χ4v) is 4.40. The van der Waals surface area contributed by atoms with Crippen molar-refractivity contribution in [3.05, 3.63) is 58.8 Å². The number of aromatic nitrogens is 1. The molecule has 2 heterocycles. The van der Waals surface area contributed by atoms with Crippen LogP contribution in [0.3, 0.4) is 0 Å². The number of pyridine rings is 1. The second-order valence-corrected chi connectivity index (χ2v) is 9.07. The molecular weight excluding hydrogens is 402 g/mol. The van der Waals surface area contributed by atoms with E-state index in [1.54, 1.807) is 30.5 Å². The molecule has 0 radical (unpaired) electrons. The van der Waals surface area contributed by atoms with Gasteiger partial charge in [0, 0.05) is 30.0 Å². The first-order valence-corrected chi connectivity index (χ1v) is 10.7. The second kappa shape index (κ2) is 8.40. The van der Waals surface area contributed by atoms with Gasteiger partial charge in [0.2, 0.25) is 10.0 Å². The van der Waals surface area contributed by atoms with E-state index in [0.29, 0.717) is 17.4 Å². The molecule has 1 saturated heterocycles. The van der Waals surface area contributed by atoms with Gasteiger partial charge in [0.15, 0.2) is 0 Å². The van der Waals surface area contributed by atoms with Crippen LogP contribution in [0.4, 0.5) is 0 Å². The van der Waals surface area contributed by atoms with Gasteiger partial charge in [-0.05, 0) is 67.7 Å². The van der Waals surface area contributed by atoms with E-state index < -0.39 is 10.0 Å². The number of hydrogen-bond donors (Lipinski definition) is 1. The fraction of sp³-hybridized carbons (Fsp3) is 0.389. The summed E-state index contributed by atoms with van der Waals surface area (Å²) in [5.74, 6) is 0.385. The molecule has 0 amide bonds. The highest BCUT2D eigenvalue weighted by molar-refractivity contribution is 9.10. The average molecular weight is 424 g/mol. The van der Waals surface area contributed by atoms with Crippen LogP contribution in [-0.4, -0.2) is 37.9 Å².